The number of nitrogens with zero attached hydrogens (tertiary/aromatic N) is 2. The highest BCUT2D eigenvalue weighted by molar-refractivity contribution is 7.80. The van der Waals surface area contributed by atoms with Crippen LogP contribution in [0.2, 0.25) is 0 Å². The maximum absolute atomic E-state index is 12.7. The van der Waals surface area contributed by atoms with Crippen LogP contribution in [0.25, 0.3) is 11.3 Å². The molecule has 5 rings (SSSR count). The fraction of sp³-hybridized carbons (Fsp3) is 0.179. The molecule has 1 aliphatic rings. The van der Waals surface area contributed by atoms with E-state index in [1.54, 1.807) is 6.20 Å². The highest BCUT2D eigenvalue weighted by Gasteiger charge is 2.41. The van der Waals surface area contributed by atoms with Crippen molar-refractivity contribution in [2.45, 2.75) is 25.4 Å². The molecule has 2 atom stereocenters. The van der Waals surface area contributed by atoms with Gasteiger partial charge in [-0.3, -0.25) is 9.78 Å². The van der Waals surface area contributed by atoms with Crippen LogP contribution in [0.1, 0.15) is 35.5 Å². The van der Waals surface area contributed by atoms with Crippen LogP contribution in [0.3, 0.4) is 0 Å². The number of nitrogens with one attached hydrogen (secondary N) is 2. The van der Waals surface area contributed by atoms with E-state index in [9.17, 15) is 4.79 Å². The number of hydrogen-bond donors (Lipinski definition) is 2. The van der Waals surface area contributed by atoms with Crippen molar-refractivity contribution < 1.29 is 9.21 Å². The largest absolute Gasteiger partial charge is 0.459 e. The summed E-state index contributed by atoms with van der Waals surface area (Å²) in [6.45, 7) is 2.44. The maximum atomic E-state index is 12.7. The van der Waals surface area contributed by atoms with Crippen LogP contribution < -0.4 is 10.6 Å². The average molecular weight is 483 g/mol. The molecule has 1 saturated heterocycles. The Hall–Kier alpha value is -3.97. The normalized spacial score (nSPS) is 17.3. The molecular weight excluding hydrogens is 456 g/mol. The SMILES string of the molecule is Cc1cccc(NC(=O)CCN2C(=S)N[C@H](c3ccccn3)[C@H]2c2ccc(-c3ccccc3)o2)c1. The summed E-state index contributed by atoms with van der Waals surface area (Å²) in [7, 11) is 0. The van der Waals surface area contributed by atoms with E-state index in [1.807, 2.05) is 96.8 Å². The van der Waals surface area contributed by atoms with Gasteiger partial charge >= 0.3 is 0 Å². The zero-order valence-corrected chi connectivity index (χ0v) is 20.2. The van der Waals surface area contributed by atoms with Gasteiger partial charge in [0.05, 0.1) is 11.7 Å². The molecule has 0 bridgehead atoms. The fourth-order valence-corrected chi connectivity index (χ4v) is 4.72. The first-order chi connectivity index (χ1) is 17.1. The third-order valence-electron chi connectivity index (χ3n) is 6.06. The molecule has 1 fully saturated rings. The molecule has 0 spiro atoms. The molecule has 6 nitrogen and oxygen atoms in total. The lowest BCUT2D eigenvalue weighted by atomic mass is 10.0. The number of hydrogen-bond acceptors (Lipinski definition) is 4. The van der Waals surface area contributed by atoms with Crippen LogP contribution >= 0.6 is 12.2 Å². The number of rotatable bonds is 7. The van der Waals surface area contributed by atoms with Crippen LogP contribution in [0, 0.1) is 6.92 Å². The standard InChI is InChI=1S/C28H26N4O2S/c1-19-8-7-11-21(18-19)30-25(33)15-17-32-27(26(31-28(32)35)22-12-5-6-16-29-22)24-14-13-23(34-24)20-9-3-2-4-10-20/h2-14,16,18,26-27H,15,17H2,1H3,(H,30,33)(H,31,35)/t26-,27-/m1/s1. The van der Waals surface area contributed by atoms with Gasteiger partial charge in [-0.05, 0) is 61.1 Å². The summed E-state index contributed by atoms with van der Waals surface area (Å²) in [6, 6.07) is 27.1. The molecule has 0 aliphatic carbocycles. The van der Waals surface area contributed by atoms with Gasteiger partial charge in [-0.1, -0.05) is 48.5 Å². The number of pyridine rings is 1. The van der Waals surface area contributed by atoms with Crippen molar-refractivity contribution in [1.29, 1.82) is 0 Å². The van der Waals surface area contributed by atoms with Gasteiger partial charge in [0.1, 0.15) is 17.6 Å². The second kappa shape index (κ2) is 10.1. The third-order valence-corrected chi connectivity index (χ3v) is 6.41. The van der Waals surface area contributed by atoms with Crippen LogP contribution in [0.15, 0.2) is 95.5 Å². The molecule has 1 amide bonds. The maximum Gasteiger partial charge on any atom is 0.226 e. The number of aromatic nitrogens is 1. The zero-order valence-electron chi connectivity index (χ0n) is 19.3. The van der Waals surface area contributed by atoms with Crippen LogP contribution in [-0.4, -0.2) is 27.4 Å². The molecule has 35 heavy (non-hydrogen) atoms. The van der Waals surface area contributed by atoms with E-state index in [0.717, 1.165) is 34.0 Å². The Morgan fingerprint density at radius 2 is 1.89 bits per heavy atom. The summed E-state index contributed by atoms with van der Waals surface area (Å²) < 4.78 is 6.33. The summed E-state index contributed by atoms with van der Waals surface area (Å²) in [4.78, 5) is 19.3. The molecule has 7 heteroatoms. The number of thiocarbonyl (C=S) groups is 1. The number of carbonyl (C=O) groups excluding carboxylic acids is 1. The molecule has 176 valence electrons. The predicted molar refractivity (Wildman–Crippen MR) is 141 cm³/mol. The second-order valence-corrected chi connectivity index (χ2v) is 8.94. The van der Waals surface area contributed by atoms with Crippen molar-refractivity contribution in [3.8, 4) is 11.3 Å². The molecule has 2 aromatic carbocycles. The lowest BCUT2D eigenvalue weighted by Crippen LogP contribution is -2.32. The Balaban J connectivity index is 1.39. The predicted octanol–water partition coefficient (Wildman–Crippen LogP) is 5.65. The molecule has 0 unspecified atom stereocenters. The lowest BCUT2D eigenvalue weighted by molar-refractivity contribution is -0.116. The van der Waals surface area contributed by atoms with E-state index in [0.29, 0.717) is 11.7 Å². The highest BCUT2D eigenvalue weighted by atomic mass is 32.1. The minimum absolute atomic E-state index is 0.0668. The average Bonchev–Trinajstić information content (AvgIpc) is 3.48. The van der Waals surface area contributed by atoms with E-state index in [-0.39, 0.29) is 24.4 Å². The number of carbonyl (C=O) groups is 1. The number of aryl methyl sites for hydroxylation is 1. The van der Waals surface area contributed by atoms with Gasteiger partial charge in [-0.25, -0.2) is 0 Å². The van der Waals surface area contributed by atoms with Gasteiger partial charge in [0.25, 0.3) is 0 Å². The topological polar surface area (TPSA) is 70.4 Å². The molecular formula is C28H26N4O2S. The third kappa shape index (κ3) is 5.10. The van der Waals surface area contributed by atoms with Crippen molar-refractivity contribution in [1.82, 2.24) is 15.2 Å². The van der Waals surface area contributed by atoms with Crippen LogP contribution in [0.4, 0.5) is 5.69 Å². The van der Waals surface area contributed by atoms with Crippen molar-refractivity contribution in [2.75, 3.05) is 11.9 Å². The monoisotopic (exact) mass is 482 g/mol. The van der Waals surface area contributed by atoms with E-state index in [1.165, 1.54) is 0 Å². The molecule has 3 heterocycles. The first-order valence-electron chi connectivity index (χ1n) is 11.6. The van der Waals surface area contributed by atoms with Crippen LogP contribution in [-0.2, 0) is 4.79 Å². The molecule has 4 aromatic rings. The number of amides is 1. The summed E-state index contributed by atoms with van der Waals surface area (Å²) >= 11 is 5.71. The van der Waals surface area contributed by atoms with Gasteiger partial charge in [-0.15, -0.1) is 0 Å². The number of benzene rings is 2. The second-order valence-electron chi connectivity index (χ2n) is 8.56. The van der Waals surface area contributed by atoms with Gasteiger partial charge in [0.15, 0.2) is 5.11 Å². The fourth-order valence-electron chi connectivity index (χ4n) is 4.39. The Labute approximate surface area is 210 Å². The van der Waals surface area contributed by atoms with Crippen molar-refractivity contribution in [2.24, 2.45) is 0 Å². The van der Waals surface area contributed by atoms with Crippen LogP contribution in [0.5, 0.6) is 0 Å². The van der Waals surface area contributed by atoms with E-state index < -0.39 is 0 Å². The van der Waals surface area contributed by atoms with Gasteiger partial charge in [0, 0.05) is 30.4 Å². The molecule has 1 aliphatic heterocycles. The van der Waals surface area contributed by atoms with Gasteiger partial charge in [0.2, 0.25) is 5.91 Å². The van der Waals surface area contributed by atoms with E-state index in [4.69, 9.17) is 16.6 Å². The molecule has 0 saturated carbocycles. The Bertz CT molecular complexity index is 1320. The Morgan fingerprint density at radius 1 is 1.06 bits per heavy atom. The zero-order chi connectivity index (χ0) is 24.2. The first kappa shape index (κ1) is 22.8. The Morgan fingerprint density at radius 3 is 2.66 bits per heavy atom. The summed E-state index contributed by atoms with van der Waals surface area (Å²) in [5.74, 6) is 1.49. The molecule has 2 aromatic heterocycles. The highest BCUT2D eigenvalue weighted by Crippen LogP contribution is 2.40. The molecule has 0 radical (unpaired) electrons. The van der Waals surface area contributed by atoms with Gasteiger partial charge < -0.3 is 20.0 Å². The smallest absolute Gasteiger partial charge is 0.226 e. The summed E-state index contributed by atoms with van der Waals surface area (Å²) in [5.41, 5.74) is 3.76. The number of anilines is 1. The van der Waals surface area contributed by atoms with E-state index in [2.05, 4.69) is 15.6 Å². The quantitative estimate of drug-likeness (QED) is 0.332. The molecule has 2 N–H and O–H groups in total. The first-order valence-corrected chi connectivity index (χ1v) is 12.0. The Kier molecular flexibility index (Phi) is 6.59. The van der Waals surface area contributed by atoms with Crippen molar-refractivity contribution in [3.05, 3.63) is 108 Å². The van der Waals surface area contributed by atoms with Crippen molar-refractivity contribution >= 4 is 28.9 Å². The minimum atomic E-state index is -0.235. The number of furan rings is 1. The van der Waals surface area contributed by atoms with E-state index >= 15 is 0 Å². The van der Waals surface area contributed by atoms with Gasteiger partial charge in [-0.2, -0.15) is 0 Å². The summed E-state index contributed by atoms with van der Waals surface area (Å²) in [6.07, 6.45) is 2.06. The lowest BCUT2D eigenvalue weighted by Gasteiger charge is -2.25. The summed E-state index contributed by atoms with van der Waals surface area (Å²) in [5, 5.41) is 6.96. The minimum Gasteiger partial charge on any atom is -0.459 e. The van der Waals surface area contributed by atoms with Crippen molar-refractivity contribution in [3.63, 3.8) is 0 Å².